The van der Waals surface area contributed by atoms with Crippen LogP contribution in [0, 0.1) is 0 Å². The molecule has 2 aromatic carbocycles. The van der Waals surface area contributed by atoms with Crippen molar-refractivity contribution < 1.29 is 4.74 Å². The van der Waals surface area contributed by atoms with Crippen molar-refractivity contribution in [1.82, 2.24) is 4.90 Å². The van der Waals surface area contributed by atoms with E-state index in [2.05, 4.69) is 41.3 Å². The second-order valence-electron chi connectivity index (χ2n) is 5.03. The first-order valence-electron chi connectivity index (χ1n) is 7.50. The van der Waals surface area contributed by atoms with Crippen LogP contribution < -0.4 is 10.5 Å². The van der Waals surface area contributed by atoms with Gasteiger partial charge in [0.25, 0.3) is 0 Å². The van der Waals surface area contributed by atoms with Crippen LogP contribution in [0.2, 0.25) is 0 Å². The van der Waals surface area contributed by atoms with E-state index in [0.717, 1.165) is 25.4 Å². The molecule has 0 fully saturated rings. The highest BCUT2D eigenvalue weighted by atomic mass is 16.5. The summed E-state index contributed by atoms with van der Waals surface area (Å²) in [5.41, 5.74) is 8.28. The predicted molar refractivity (Wildman–Crippen MR) is 87.2 cm³/mol. The average molecular weight is 284 g/mol. The van der Waals surface area contributed by atoms with Gasteiger partial charge in [0, 0.05) is 31.7 Å². The third-order valence-electron chi connectivity index (χ3n) is 3.36. The van der Waals surface area contributed by atoms with Gasteiger partial charge in [0.1, 0.15) is 5.75 Å². The molecule has 0 bridgehead atoms. The van der Waals surface area contributed by atoms with Gasteiger partial charge in [-0.3, -0.25) is 4.90 Å². The van der Waals surface area contributed by atoms with E-state index in [-0.39, 0.29) is 0 Å². The zero-order valence-electron chi connectivity index (χ0n) is 12.7. The highest BCUT2D eigenvalue weighted by Gasteiger charge is 2.09. The van der Waals surface area contributed by atoms with Gasteiger partial charge in [-0.2, -0.15) is 0 Å². The first-order chi connectivity index (χ1) is 10.3. The van der Waals surface area contributed by atoms with Gasteiger partial charge in [0.05, 0.1) is 6.61 Å². The molecule has 2 rings (SSSR count). The highest BCUT2D eigenvalue weighted by Crippen LogP contribution is 2.20. The largest absolute Gasteiger partial charge is 0.494 e. The van der Waals surface area contributed by atoms with Gasteiger partial charge in [-0.15, -0.1) is 0 Å². The molecular formula is C18H24N2O. The molecule has 3 heteroatoms. The maximum Gasteiger partial charge on any atom is 0.123 e. The maximum absolute atomic E-state index is 5.76. The summed E-state index contributed by atoms with van der Waals surface area (Å²) in [6, 6.07) is 18.7. The van der Waals surface area contributed by atoms with Crippen molar-refractivity contribution in [2.45, 2.75) is 20.0 Å². The molecule has 0 heterocycles. The van der Waals surface area contributed by atoms with Crippen molar-refractivity contribution in [1.29, 1.82) is 0 Å². The Bertz CT molecular complexity index is 528. The number of benzene rings is 2. The molecule has 2 aromatic rings. The number of hydrogen-bond donors (Lipinski definition) is 1. The molecule has 0 aliphatic heterocycles. The van der Waals surface area contributed by atoms with Gasteiger partial charge < -0.3 is 10.5 Å². The van der Waals surface area contributed by atoms with E-state index >= 15 is 0 Å². The van der Waals surface area contributed by atoms with Gasteiger partial charge in [0.15, 0.2) is 0 Å². The minimum atomic E-state index is 0.656. The summed E-state index contributed by atoms with van der Waals surface area (Å²) in [7, 11) is 0. The fourth-order valence-electron chi connectivity index (χ4n) is 2.41. The molecule has 0 spiro atoms. The quantitative estimate of drug-likeness (QED) is 0.809. The fraction of sp³-hybridized carbons (Fsp3) is 0.333. The number of ether oxygens (including phenoxy) is 1. The Morgan fingerprint density at radius 3 is 2.38 bits per heavy atom. The molecule has 0 aliphatic carbocycles. The van der Waals surface area contributed by atoms with E-state index in [1.807, 2.05) is 25.1 Å². The van der Waals surface area contributed by atoms with Crippen LogP contribution >= 0.6 is 0 Å². The second-order valence-corrected chi connectivity index (χ2v) is 5.03. The molecule has 21 heavy (non-hydrogen) atoms. The number of nitrogens with two attached hydrogens (primary N) is 1. The van der Waals surface area contributed by atoms with E-state index in [4.69, 9.17) is 10.5 Å². The topological polar surface area (TPSA) is 38.5 Å². The summed E-state index contributed by atoms with van der Waals surface area (Å²) in [6.45, 7) is 5.98. The molecule has 0 aromatic heterocycles. The minimum absolute atomic E-state index is 0.656. The van der Waals surface area contributed by atoms with Crippen LogP contribution in [0.1, 0.15) is 18.1 Å². The van der Waals surface area contributed by atoms with E-state index in [9.17, 15) is 0 Å². The molecule has 0 amide bonds. The van der Waals surface area contributed by atoms with Gasteiger partial charge in [-0.05, 0) is 18.6 Å². The van der Waals surface area contributed by atoms with Gasteiger partial charge >= 0.3 is 0 Å². The Morgan fingerprint density at radius 1 is 0.952 bits per heavy atom. The number of para-hydroxylation sites is 1. The summed E-state index contributed by atoms with van der Waals surface area (Å²) in [6.07, 6.45) is 0. The van der Waals surface area contributed by atoms with Crippen LogP contribution in [-0.4, -0.2) is 24.6 Å². The average Bonchev–Trinajstić information content (AvgIpc) is 2.51. The van der Waals surface area contributed by atoms with Crippen LogP contribution in [0.3, 0.4) is 0 Å². The Kier molecular flexibility index (Phi) is 6.25. The van der Waals surface area contributed by atoms with Crippen molar-refractivity contribution in [3.05, 3.63) is 65.7 Å². The molecular weight excluding hydrogens is 260 g/mol. The van der Waals surface area contributed by atoms with Crippen molar-refractivity contribution in [2.24, 2.45) is 5.73 Å². The number of nitrogens with zero attached hydrogens (tertiary/aromatic N) is 1. The molecule has 3 nitrogen and oxygen atoms in total. The van der Waals surface area contributed by atoms with Crippen molar-refractivity contribution in [3.63, 3.8) is 0 Å². The lowest BCUT2D eigenvalue weighted by Crippen LogP contribution is -2.28. The molecule has 0 saturated heterocycles. The van der Waals surface area contributed by atoms with Crippen molar-refractivity contribution in [2.75, 3.05) is 19.7 Å². The highest BCUT2D eigenvalue weighted by molar-refractivity contribution is 5.33. The fourth-order valence-corrected chi connectivity index (χ4v) is 2.41. The van der Waals surface area contributed by atoms with Crippen LogP contribution in [0.25, 0.3) is 0 Å². The molecule has 112 valence electrons. The summed E-state index contributed by atoms with van der Waals surface area (Å²) in [5, 5.41) is 0. The third kappa shape index (κ3) is 4.88. The minimum Gasteiger partial charge on any atom is -0.494 e. The number of hydrogen-bond acceptors (Lipinski definition) is 3. The summed E-state index contributed by atoms with van der Waals surface area (Å²) in [5.74, 6) is 0.968. The summed E-state index contributed by atoms with van der Waals surface area (Å²) >= 11 is 0. The lowest BCUT2D eigenvalue weighted by molar-refractivity contribution is 0.256. The first-order valence-corrected chi connectivity index (χ1v) is 7.50. The monoisotopic (exact) mass is 284 g/mol. The van der Waals surface area contributed by atoms with E-state index < -0.39 is 0 Å². The third-order valence-corrected chi connectivity index (χ3v) is 3.36. The zero-order chi connectivity index (χ0) is 14.9. The second kappa shape index (κ2) is 8.45. The molecule has 0 radical (unpaired) electrons. The smallest absolute Gasteiger partial charge is 0.123 e. The first kappa shape index (κ1) is 15.5. The van der Waals surface area contributed by atoms with Crippen LogP contribution in [0.5, 0.6) is 5.75 Å². The number of rotatable bonds is 8. The molecule has 2 N–H and O–H groups in total. The van der Waals surface area contributed by atoms with Gasteiger partial charge in [-0.25, -0.2) is 0 Å². The lowest BCUT2D eigenvalue weighted by atomic mass is 10.1. The van der Waals surface area contributed by atoms with Crippen LogP contribution in [0.15, 0.2) is 54.6 Å². The standard InChI is InChI=1S/C18H24N2O/c1-2-21-18-11-7-6-10-17(18)15-20(13-12-19)14-16-8-4-3-5-9-16/h3-11H,2,12-15,19H2,1H3. The van der Waals surface area contributed by atoms with Crippen LogP contribution in [0.4, 0.5) is 0 Å². The maximum atomic E-state index is 5.76. The molecule has 0 saturated carbocycles. The van der Waals surface area contributed by atoms with Crippen molar-refractivity contribution in [3.8, 4) is 5.75 Å². The predicted octanol–water partition coefficient (Wildman–Crippen LogP) is 3.05. The molecule has 0 unspecified atom stereocenters. The van der Waals surface area contributed by atoms with Gasteiger partial charge in [-0.1, -0.05) is 48.5 Å². The van der Waals surface area contributed by atoms with Crippen LogP contribution in [-0.2, 0) is 13.1 Å². The van der Waals surface area contributed by atoms with E-state index in [1.165, 1.54) is 11.1 Å². The SMILES string of the molecule is CCOc1ccccc1CN(CCN)Cc1ccccc1. The molecule has 0 atom stereocenters. The Labute approximate surface area is 127 Å². The Balaban J connectivity index is 2.09. The zero-order valence-corrected chi connectivity index (χ0v) is 12.7. The van der Waals surface area contributed by atoms with E-state index in [0.29, 0.717) is 13.2 Å². The van der Waals surface area contributed by atoms with E-state index in [1.54, 1.807) is 0 Å². The van der Waals surface area contributed by atoms with Gasteiger partial charge in [0.2, 0.25) is 0 Å². The van der Waals surface area contributed by atoms with Crippen molar-refractivity contribution >= 4 is 0 Å². The molecule has 0 aliphatic rings. The Hall–Kier alpha value is -1.84. The normalized spacial score (nSPS) is 10.8. The summed E-state index contributed by atoms with van der Waals surface area (Å²) in [4.78, 5) is 2.35. The Morgan fingerprint density at radius 2 is 1.67 bits per heavy atom. The lowest BCUT2D eigenvalue weighted by Gasteiger charge is -2.23. The summed E-state index contributed by atoms with van der Waals surface area (Å²) < 4.78 is 5.71.